The molecule has 4 heteroatoms. The highest BCUT2D eigenvalue weighted by Crippen LogP contribution is 2.22. The Balaban J connectivity index is 2.27. The van der Waals surface area contributed by atoms with Gasteiger partial charge in [0.1, 0.15) is 5.82 Å². The molecule has 1 aromatic carbocycles. The molecule has 16 heavy (non-hydrogen) atoms. The fourth-order valence-electron chi connectivity index (χ4n) is 1.37. The number of nitrogens with one attached hydrogen (secondary N) is 1. The second-order valence-electron chi connectivity index (χ2n) is 3.45. The highest BCUT2D eigenvalue weighted by Gasteiger charge is 2.01. The number of hydrogen-bond acceptors (Lipinski definition) is 2. The number of pyridine rings is 1. The molecule has 0 atom stereocenters. The van der Waals surface area contributed by atoms with Crippen molar-refractivity contribution in [3.63, 3.8) is 0 Å². The predicted octanol–water partition coefficient (Wildman–Crippen LogP) is 4.55. The fraction of sp³-hybridized carbons (Fsp3) is 0.0833. The van der Waals surface area contributed by atoms with Crippen LogP contribution in [0, 0.1) is 6.92 Å². The molecule has 2 nitrogen and oxygen atoms in total. The smallest absolute Gasteiger partial charge is 0.133 e. The van der Waals surface area contributed by atoms with Crippen LogP contribution in [-0.4, -0.2) is 4.98 Å². The van der Waals surface area contributed by atoms with Crippen molar-refractivity contribution >= 4 is 39.0 Å². The number of anilines is 2. The Morgan fingerprint density at radius 2 is 2.12 bits per heavy atom. The number of aromatic nitrogens is 1. The topological polar surface area (TPSA) is 24.9 Å². The summed E-state index contributed by atoms with van der Waals surface area (Å²) in [4.78, 5) is 4.30. The lowest BCUT2D eigenvalue weighted by Crippen LogP contribution is -1.95. The molecule has 0 bridgehead atoms. The lowest BCUT2D eigenvalue weighted by atomic mass is 10.2. The zero-order valence-corrected chi connectivity index (χ0v) is 11.0. The summed E-state index contributed by atoms with van der Waals surface area (Å²) in [6, 6.07) is 9.58. The van der Waals surface area contributed by atoms with Crippen LogP contribution in [0.2, 0.25) is 5.02 Å². The number of hydrogen-bond donors (Lipinski definition) is 1. The minimum Gasteiger partial charge on any atom is -0.340 e. The van der Waals surface area contributed by atoms with Gasteiger partial charge in [-0.1, -0.05) is 17.7 Å². The third-order valence-corrected chi connectivity index (χ3v) is 2.80. The van der Waals surface area contributed by atoms with Crippen molar-refractivity contribution in [1.82, 2.24) is 4.98 Å². The Morgan fingerprint density at radius 1 is 1.31 bits per heavy atom. The van der Waals surface area contributed by atoms with Gasteiger partial charge in [-0.15, -0.1) is 0 Å². The average molecular weight is 298 g/mol. The van der Waals surface area contributed by atoms with Gasteiger partial charge in [-0.3, -0.25) is 0 Å². The van der Waals surface area contributed by atoms with Crippen LogP contribution in [0.3, 0.4) is 0 Å². The van der Waals surface area contributed by atoms with Crippen LogP contribution in [0.1, 0.15) is 5.56 Å². The van der Waals surface area contributed by atoms with E-state index in [1.807, 2.05) is 37.3 Å². The standard InChI is InChI=1S/C12H10BrClN2/c1-8-5-9(13)7-15-12(8)16-11-4-2-3-10(14)6-11/h2-7H,1H3,(H,15,16). The molecule has 0 fully saturated rings. The maximum Gasteiger partial charge on any atom is 0.133 e. The molecule has 1 heterocycles. The van der Waals surface area contributed by atoms with Crippen molar-refractivity contribution in [3.8, 4) is 0 Å². The summed E-state index contributed by atoms with van der Waals surface area (Å²) < 4.78 is 0.974. The molecule has 0 spiro atoms. The van der Waals surface area contributed by atoms with Crippen molar-refractivity contribution in [2.45, 2.75) is 6.92 Å². The van der Waals surface area contributed by atoms with Gasteiger partial charge >= 0.3 is 0 Å². The van der Waals surface area contributed by atoms with Crippen molar-refractivity contribution in [3.05, 3.63) is 51.6 Å². The monoisotopic (exact) mass is 296 g/mol. The van der Waals surface area contributed by atoms with Gasteiger partial charge in [-0.2, -0.15) is 0 Å². The Bertz CT molecular complexity index is 514. The van der Waals surface area contributed by atoms with Crippen LogP contribution in [-0.2, 0) is 0 Å². The molecular formula is C12H10BrClN2. The zero-order valence-electron chi connectivity index (χ0n) is 8.67. The Hall–Kier alpha value is -1.06. The highest BCUT2D eigenvalue weighted by molar-refractivity contribution is 9.10. The lowest BCUT2D eigenvalue weighted by molar-refractivity contribution is 1.24. The summed E-state index contributed by atoms with van der Waals surface area (Å²) in [6.45, 7) is 2.00. The Morgan fingerprint density at radius 3 is 2.81 bits per heavy atom. The van der Waals surface area contributed by atoms with E-state index >= 15 is 0 Å². The first-order valence-electron chi connectivity index (χ1n) is 4.80. The SMILES string of the molecule is Cc1cc(Br)cnc1Nc1cccc(Cl)c1. The average Bonchev–Trinajstić information content (AvgIpc) is 2.22. The molecule has 0 saturated heterocycles. The molecule has 0 amide bonds. The van der Waals surface area contributed by atoms with E-state index in [1.54, 1.807) is 6.20 Å². The first-order valence-corrected chi connectivity index (χ1v) is 5.97. The van der Waals surface area contributed by atoms with Gasteiger partial charge in [0.25, 0.3) is 0 Å². The molecule has 82 valence electrons. The van der Waals surface area contributed by atoms with Gasteiger partial charge in [-0.05, 0) is 52.7 Å². The second-order valence-corrected chi connectivity index (χ2v) is 4.81. The number of aryl methyl sites for hydroxylation is 1. The van der Waals surface area contributed by atoms with Crippen LogP contribution in [0.4, 0.5) is 11.5 Å². The normalized spacial score (nSPS) is 10.2. The van der Waals surface area contributed by atoms with Crippen LogP contribution in [0.15, 0.2) is 41.0 Å². The predicted molar refractivity (Wildman–Crippen MR) is 71.4 cm³/mol. The van der Waals surface area contributed by atoms with Gasteiger partial charge < -0.3 is 5.32 Å². The van der Waals surface area contributed by atoms with Crippen molar-refractivity contribution in [2.24, 2.45) is 0 Å². The zero-order chi connectivity index (χ0) is 11.5. The molecule has 0 saturated carbocycles. The number of benzene rings is 1. The molecule has 0 aliphatic carbocycles. The summed E-state index contributed by atoms with van der Waals surface area (Å²) in [5.74, 6) is 0.838. The maximum absolute atomic E-state index is 5.91. The molecule has 1 aromatic heterocycles. The molecule has 0 aliphatic rings. The van der Waals surface area contributed by atoms with Crippen molar-refractivity contribution < 1.29 is 0 Å². The third-order valence-electron chi connectivity index (χ3n) is 2.13. The minimum absolute atomic E-state index is 0.708. The summed E-state index contributed by atoms with van der Waals surface area (Å²) in [6.07, 6.45) is 1.76. The van der Waals surface area contributed by atoms with E-state index in [4.69, 9.17) is 11.6 Å². The van der Waals surface area contributed by atoms with E-state index in [2.05, 4.69) is 26.2 Å². The van der Waals surface area contributed by atoms with Crippen LogP contribution in [0.5, 0.6) is 0 Å². The van der Waals surface area contributed by atoms with E-state index in [9.17, 15) is 0 Å². The Labute approximate surface area is 108 Å². The summed E-state index contributed by atoms with van der Waals surface area (Å²) in [5.41, 5.74) is 2.01. The van der Waals surface area contributed by atoms with Crippen LogP contribution in [0.25, 0.3) is 0 Å². The Kier molecular flexibility index (Phi) is 3.46. The number of rotatable bonds is 2. The quantitative estimate of drug-likeness (QED) is 0.879. The van der Waals surface area contributed by atoms with E-state index < -0.39 is 0 Å². The molecule has 0 unspecified atom stereocenters. The van der Waals surface area contributed by atoms with E-state index in [0.29, 0.717) is 5.02 Å². The molecule has 2 rings (SSSR count). The third kappa shape index (κ3) is 2.74. The molecule has 2 aromatic rings. The van der Waals surface area contributed by atoms with E-state index in [-0.39, 0.29) is 0 Å². The molecular weight excluding hydrogens is 288 g/mol. The molecule has 0 aliphatic heterocycles. The second kappa shape index (κ2) is 4.85. The molecule has 0 radical (unpaired) electrons. The first-order chi connectivity index (χ1) is 7.65. The highest BCUT2D eigenvalue weighted by atomic mass is 79.9. The van der Waals surface area contributed by atoms with E-state index in [1.165, 1.54) is 0 Å². The largest absolute Gasteiger partial charge is 0.340 e. The summed E-state index contributed by atoms with van der Waals surface area (Å²) in [5, 5.41) is 3.93. The van der Waals surface area contributed by atoms with Gasteiger partial charge in [0, 0.05) is 21.4 Å². The summed E-state index contributed by atoms with van der Waals surface area (Å²) >= 11 is 9.29. The van der Waals surface area contributed by atoms with Gasteiger partial charge in [0.05, 0.1) is 0 Å². The van der Waals surface area contributed by atoms with Gasteiger partial charge in [0.15, 0.2) is 0 Å². The lowest BCUT2D eigenvalue weighted by Gasteiger charge is -2.08. The molecule has 1 N–H and O–H groups in total. The first kappa shape index (κ1) is 11.4. The maximum atomic E-state index is 5.91. The minimum atomic E-state index is 0.708. The van der Waals surface area contributed by atoms with Crippen molar-refractivity contribution in [1.29, 1.82) is 0 Å². The van der Waals surface area contributed by atoms with Crippen LogP contribution >= 0.6 is 27.5 Å². The van der Waals surface area contributed by atoms with Crippen LogP contribution < -0.4 is 5.32 Å². The van der Waals surface area contributed by atoms with Gasteiger partial charge in [0.2, 0.25) is 0 Å². The van der Waals surface area contributed by atoms with E-state index in [0.717, 1.165) is 21.5 Å². The summed E-state index contributed by atoms with van der Waals surface area (Å²) in [7, 11) is 0. The number of halogens is 2. The van der Waals surface area contributed by atoms with Gasteiger partial charge in [-0.25, -0.2) is 4.98 Å². The van der Waals surface area contributed by atoms with Crippen molar-refractivity contribution in [2.75, 3.05) is 5.32 Å². The number of nitrogens with zero attached hydrogens (tertiary/aromatic N) is 1. The fourth-order valence-corrected chi connectivity index (χ4v) is 2.01.